The Hall–Kier alpha value is -3.06. The molecule has 3 rings (SSSR count). The number of nitrogens with one attached hydrogen (secondary N) is 2. The summed E-state index contributed by atoms with van der Waals surface area (Å²) in [5.41, 5.74) is 2.57. The first-order valence-corrected chi connectivity index (χ1v) is 11.1. The van der Waals surface area contributed by atoms with Crippen LogP contribution in [0.4, 0.5) is 11.4 Å². The lowest BCUT2D eigenvalue weighted by Crippen LogP contribution is -2.29. The maximum absolute atomic E-state index is 12.4. The number of likely N-dealkylation sites (tertiary alicyclic amines) is 1. The summed E-state index contributed by atoms with van der Waals surface area (Å²) < 4.78 is 10.5. The molecular formula is C25H33N3O4. The van der Waals surface area contributed by atoms with Gasteiger partial charge in [0, 0.05) is 24.7 Å². The summed E-state index contributed by atoms with van der Waals surface area (Å²) >= 11 is 0. The lowest BCUT2D eigenvalue weighted by atomic mass is 9.93. The van der Waals surface area contributed by atoms with Crippen LogP contribution in [0.15, 0.2) is 42.5 Å². The van der Waals surface area contributed by atoms with Crippen molar-refractivity contribution in [3.05, 3.63) is 48.0 Å². The van der Waals surface area contributed by atoms with Gasteiger partial charge in [-0.1, -0.05) is 12.1 Å². The molecule has 1 atom stereocenters. The first kappa shape index (κ1) is 23.6. The van der Waals surface area contributed by atoms with Crippen LogP contribution in [0.25, 0.3) is 0 Å². The van der Waals surface area contributed by atoms with E-state index in [1.54, 1.807) is 25.3 Å². The molecule has 2 N–H and O–H groups in total. The van der Waals surface area contributed by atoms with Gasteiger partial charge < -0.3 is 25.0 Å². The molecule has 0 radical (unpaired) electrons. The molecule has 7 heteroatoms. The highest BCUT2D eigenvalue weighted by atomic mass is 16.5. The summed E-state index contributed by atoms with van der Waals surface area (Å²) in [5.74, 6) is 2.05. The molecule has 0 aromatic heterocycles. The predicted octanol–water partition coefficient (Wildman–Crippen LogP) is 3.95. The Labute approximate surface area is 190 Å². The van der Waals surface area contributed by atoms with Crippen LogP contribution in [0.1, 0.15) is 31.2 Å². The summed E-state index contributed by atoms with van der Waals surface area (Å²) in [6.07, 6.45) is 5.66. The van der Waals surface area contributed by atoms with Gasteiger partial charge in [-0.05, 0) is 74.5 Å². The number of amides is 2. The maximum atomic E-state index is 12.4. The van der Waals surface area contributed by atoms with E-state index in [1.807, 2.05) is 12.1 Å². The van der Waals surface area contributed by atoms with Gasteiger partial charge in [-0.2, -0.15) is 0 Å². The van der Waals surface area contributed by atoms with Gasteiger partial charge in [-0.3, -0.25) is 9.59 Å². The van der Waals surface area contributed by atoms with Crippen molar-refractivity contribution in [2.75, 3.05) is 44.5 Å². The highest BCUT2D eigenvalue weighted by molar-refractivity contribution is 5.91. The lowest BCUT2D eigenvalue weighted by Gasteiger charge is -2.20. The number of methoxy groups -OCH3 is 2. The van der Waals surface area contributed by atoms with Gasteiger partial charge >= 0.3 is 0 Å². The van der Waals surface area contributed by atoms with Gasteiger partial charge in [-0.15, -0.1) is 0 Å². The highest BCUT2D eigenvalue weighted by Gasteiger charge is 2.18. The van der Waals surface area contributed by atoms with Crippen LogP contribution in [-0.4, -0.2) is 51.1 Å². The van der Waals surface area contributed by atoms with E-state index in [2.05, 4.69) is 27.7 Å². The second-order valence-electron chi connectivity index (χ2n) is 8.17. The third-order valence-electron chi connectivity index (χ3n) is 5.98. The van der Waals surface area contributed by atoms with Crippen LogP contribution in [0.5, 0.6) is 11.5 Å². The molecule has 1 aliphatic rings. The second-order valence-corrected chi connectivity index (χ2v) is 8.17. The molecule has 0 spiro atoms. The number of carbonyl (C=O) groups excluding carboxylic acids is 2. The molecule has 1 fully saturated rings. The number of anilines is 2. The molecule has 0 aliphatic carbocycles. The van der Waals surface area contributed by atoms with E-state index in [9.17, 15) is 9.59 Å². The van der Waals surface area contributed by atoms with Crippen molar-refractivity contribution in [1.29, 1.82) is 0 Å². The van der Waals surface area contributed by atoms with E-state index in [0.29, 0.717) is 35.9 Å². The third kappa shape index (κ3) is 6.99. The second kappa shape index (κ2) is 12.1. The van der Waals surface area contributed by atoms with Gasteiger partial charge in [0.2, 0.25) is 12.3 Å². The molecular weight excluding hydrogens is 406 g/mol. The normalized spacial score (nSPS) is 16.6. The molecule has 32 heavy (non-hydrogen) atoms. The molecule has 2 amide bonds. The number of hydrogen-bond acceptors (Lipinski definition) is 5. The van der Waals surface area contributed by atoms with Gasteiger partial charge in [0.05, 0.1) is 19.9 Å². The molecule has 0 saturated carbocycles. The quantitative estimate of drug-likeness (QED) is 0.548. The minimum atomic E-state index is -0.0258. The summed E-state index contributed by atoms with van der Waals surface area (Å²) in [6.45, 7) is 2.81. The van der Waals surface area contributed by atoms with E-state index < -0.39 is 0 Å². The predicted molar refractivity (Wildman–Crippen MR) is 126 cm³/mol. The Morgan fingerprint density at radius 1 is 1.09 bits per heavy atom. The Bertz CT molecular complexity index is 885. The Morgan fingerprint density at radius 2 is 1.91 bits per heavy atom. The smallest absolute Gasteiger partial charge is 0.225 e. The fraction of sp³-hybridized carbons (Fsp3) is 0.440. The fourth-order valence-electron chi connectivity index (χ4n) is 4.18. The summed E-state index contributed by atoms with van der Waals surface area (Å²) in [4.78, 5) is 25.5. The van der Waals surface area contributed by atoms with Crippen molar-refractivity contribution in [2.45, 2.75) is 32.1 Å². The number of rotatable bonds is 10. The van der Waals surface area contributed by atoms with Gasteiger partial charge in [-0.25, -0.2) is 0 Å². The zero-order valence-corrected chi connectivity index (χ0v) is 18.9. The number of carbonyl (C=O) groups is 2. The van der Waals surface area contributed by atoms with E-state index >= 15 is 0 Å². The third-order valence-corrected chi connectivity index (χ3v) is 5.98. The molecule has 7 nitrogen and oxygen atoms in total. The van der Waals surface area contributed by atoms with Crippen molar-refractivity contribution in [3.8, 4) is 11.5 Å². The molecule has 2 aromatic rings. The van der Waals surface area contributed by atoms with Gasteiger partial charge in [0.1, 0.15) is 11.5 Å². The van der Waals surface area contributed by atoms with Crippen LogP contribution >= 0.6 is 0 Å². The summed E-state index contributed by atoms with van der Waals surface area (Å²) in [6, 6.07) is 13.5. The van der Waals surface area contributed by atoms with Crippen molar-refractivity contribution in [3.63, 3.8) is 0 Å². The summed E-state index contributed by atoms with van der Waals surface area (Å²) in [7, 11) is 3.22. The topological polar surface area (TPSA) is 79.9 Å². The van der Waals surface area contributed by atoms with Crippen LogP contribution < -0.4 is 20.1 Å². The Balaban J connectivity index is 1.43. The van der Waals surface area contributed by atoms with Crippen LogP contribution in [0, 0.1) is 5.92 Å². The van der Waals surface area contributed by atoms with Crippen LogP contribution in [-0.2, 0) is 16.0 Å². The Morgan fingerprint density at radius 3 is 2.62 bits per heavy atom. The van der Waals surface area contributed by atoms with E-state index in [0.717, 1.165) is 44.6 Å². The van der Waals surface area contributed by atoms with E-state index in [4.69, 9.17) is 9.47 Å². The molecule has 0 bridgehead atoms. The van der Waals surface area contributed by atoms with Gasteiger partial charge in [0.15, 0.2) is 0 Å². The number of benzene rings is 2. The van der Waals surface area contributed by atoms with Crippen molar-refractivity contribution in [2.24, 2.45) is 5.92 Å². The first-order chi connectivity index (χ1) is 15.6. The minimum Gasteiger partial charge on any atom is -0.497 e. The van der Waals surface area contributed by atoms with Crippen molar-refractivity contribution < 1.29 is 19.1 Å². The molecule has 1 heterocycles. The van der Waals surface area contributed by atoms with Crippen LogP contribution in [0.3, 0.4) is 0 Å². The average molecular weight is 440 g/mol. The number of ether oxygens (including phenoxy) is 2. The molecule has 172 valence electrons. The largest absolute Gasteiger partial charge is 0.497 e. The minimum absolute atomic E-state index is 0.0258. The van der Waals surface area contributed by atoms with Crippen LogP contribution in [0.2, 0.25) is 0 Å². The Kier molecular flexibility index (Phi) is 8.92. The zero-order chi connectivity index (χ0) is 22.8. The molecule has 1 saturated heterocycles. The highest BCUT2D eigenvalue weighted by Crippen LogP contribution is 2.28. The fourth-order valence-corrected chi connectivity index (χ4v) is 4.18. The standard InChI is InChI=1S/C25H33N3O4/c1-31-22-8-5-20(6-9-22)16-19-4-3-13-28(14-11-19)15-12-25(30)27-21-7-10-23(26-18-29)24(17-21)32-2/h5-10,17-19H,3-4,11-16H2,1-2H3,(H,26,29)(H,27,30). The average Bonchev–Trinajstić information content (AvgIpc) is 3.04. The molecule has 1 aliphatic heterocycles. The van der Waals surface area contributed by atoms with Crippen molar-refractivity contribution >= 4 is 23.7 Å². The monoisotopic (exact) mass is 439 g/mol. The molecule has 1 unspecified atom stereocenters. The van der Waals surface area contributed by atoms with Crippen molar-refractivity contribution in [1.82, 2.24) is 4.90 Å². The number of nitrogens with zero attached hydrogens (tertiary/aromatic N) is 1. The van der Waals surface area contributed by atoms with Gasteiger partial charge in [0.25, 0.3) is 0 Å². The maximum Gasteiger partial charge on any atom is 0.225 e. The first-order valence-electron chi connectivity index (χ1n) is 11.1. The lowest BCUT2D eigenvalue weighted by molar-refractivity contribution is -0.116. The SMILES string of the molecule is COc1ccc(CC2CCCN(CCC(=O)Nc3ccc(NC=O)c(OC)c3)CC2)cc1. The molecule has 2 aromatic carbocycles. The van der Waals surface area contributed by atoms with E-state index in [1.165, 1.54) is 19.1 Å². The zero-order valence-electron chi connectivity index (χ0n) is 18.9. The number of hydrogen-bond donors (Lipinski definition) is 2. The van der Waals surface area contributed by atoms with E-state index in [-0.39, 0.29) is 5.91 Å². The summed E-state index contributed by atoms with van der Waals surface area (Å²) in [5, 5.41) is 5.49.